The van der Waals surface area contributed by atoms with Crippen molar-refractivity contribution in [3.63, 3.8) is 0 Å². The van der Waals surface area contributed by atoms with Crippen LogP contribution in [-0.2, 0) is 0 Å². The third-order valence-electron chi connectivity index (χ3n) is 2.62. The molecule has 1 amide bonds. The number of rotatable bonds is 2. The van der Waals surface area contributed by atoms with Gasteiger partial charge in [0.1, 0.15) is 0 Å². The maximum absolute atomic E-state index is 12.0. The zero-order valence-corrected chi connectivity index (χ0v) is 12.0. The fourth-order valence-corrected chi connectivity index (χ4v) is 1.98. The van der Waals surface area contributed by atoms with Crippen molar-refractivity contribution in [1.82, 2.24) is 0 Å². The van der Waals surface area contributed by atoms with Crippen LogP contribution >= 0.6 is 27.5 Å². The van der Waals surface area contributed by atoms with Crippen molar-refractivity contribution in [3.05, 3.63) is 63.1 Å². The quantitative estimate of drug-likeness (QED) is 0.855. The highest BCUT2D eigenvalue weighted by atomic mass is 79.9. The molecule has 2 aromatic carbocycles. The molecule has 0 bridgehead atoms. The Morgan fingerprint density at radius 3 is 2.50 bits per heavy atom. The molecule has 0 spiro atoms. The minimum Gasteiger partial charge on any atom is -0.322 e. The van der Waals surface area contributed by atoms with Gasteiger partial charge in [-0.05, 0) is 48.9 Å². The molecule has 0 aliphatic heterocycles. The Balaban J connectivity index is 2.21. The second-order valence-corrected chi connectivity index (χ2v) is 5.20. The summed E-state index contributed by atoms with van der Waals surface area (Å²) >= 11 is 9.34. The summed E-state index contributed by atoms with van der Waals surface area (Å²) in [5.41, 5.74) is 2.21. The molecule has 0 aliphatic rings. The second-order valence-electron chi connectivity index (χ2n) is 3.87. The van der Waals surface area contributed by atoms with Gasteiger partial charge in [0.05, 0.1) is 0 Å². The summed E-state index contributed by atoms with van der Waals surface area (Å²) < 4.78 is 0.943. The van der Waals surface area contributed by atoms with Crippen molar-refractivity contribution in [2.45, 2.75) is 6.92 Å². The highest BCUT2D eigenvalue weighted by Gasteiger charge is 2.08. The molecule has 1 N–H and O–H groups in total. The SMILES string of the molecule is Cc1c(Cl)cccc1NC(=O)c1ccc(Br)cc1. The molecule has 0 saturated carbocycles. The normalized spacial score (nSPS) is 10.2. The van der Waals surface area contributed by atoms with E-state index >= 15 is 0 Å². The lowest BCUT2D eigenvalue weighted by Crippen LogP contribution is -2.12. The molecule has 0 heterocycles. The van der Waals surface area contributed by atoms with E-state index in [4.69, 9.17) is 11.6 Å². The van der Waals surface area contributed by atoms with E-state index in [1.807, 2.05) is 31.2 Å². The van der Waals surface area contributed by atoms with Gasteiger partial charge in [-0.2, -0.15) is 0 Å². The largest absolute Gasteiger partial charge is 0.322 e. The van der Waals surface area contributed by atoms with Crippen molar-refractivity contribution in [2.24, 2.45) is 0 Å². The van der Waals surface area contributed by atoms with Gasteiger partial charge in [0, 0.05) is 20.7 Å². The Morgan fingerprint density at radius 2 is 1.83 bits per heavy atom. The van der Waals surface area contributed by atoms with Crippen LogP contribution in [0.15, 0.2) is 46.9 Å². The lowest BCUT2D eigenvalue weighted by molar-refractivity contribution is 0.102. The summed E-state index contributed by atoms with van der Waals surface area (Å²) in [6.45, 7) is 1.87. The molecule has 0 atom stereocenters. The summed E-state index contributed by atoms with van der Waals surface area (Å²) in [5.74, 6) is -0.145. The molecule has 0 aromatic heterocycles. The number of amides is 1. The van der Waals surface area contributed by atoms with E-state index in [0.29, 0.717) is 10.6 Å². The minimum atomic E-state index is -0.145. The average Bonchev–Trinajstić information content (AvgIpc) is 2.36. The van der Waals surface area contributed by atoms with Crippen LogP contribution in [0.3, 0.4) is 0 Å². The highest BCUT2D eigenvalue weighted by molar-refractivity contribution is 9.10. The average molecular weight is 325 g/mol. The van der Waals surface area contributed by atoms with Crippen molar-refractivity contribution in [1.29, 1.82) is 0 Å². The van der Waals surface area contributed by atoms with Crippen LogP contribution in [0.2, 0.25) is 5.02 Å². The summed E-state index contributed by atoms with van der Waals surface area (Å²) in [5, 5.41) is 3.49. The maximum atomic E-state index is 12.0. The summed E-state index contributed by atoms with van der Waals surface area (Å²) in [6.07, 6.45) is 0. The number of benzene rings is 2. The Labute approximate surface area is 119 Å². The monoisotopic (exact) mass is 323 g/mol. The smallest absolute Gasteiger partial charge is 0.255 e. The molecular formula is C14H11BrClNO. The molecule has 18 heavy (non-hydrogen) atoms. The van der Waals surface area contributed by atoms with Crippen LogP contribution < -0.4 is 5.32 Å². The molecule has 0 radical (unpaired) electrons. The third kappa shape index (κ3) is 2.92. The van der Waals surface area contributed by atoms with E-state index in [-0.39, 0.29) is 5.91 Å². The predicted molar refractivity (Wildman–Crippen MR) is 78.3 cm³/mol. The van der Waals surface area contributed by atoms with E-state index in [2.05, 4.69) is 21.2 Å². The number of carbonyl (C=O) groups excluding carboxylic acids is 1. The topological polar surface area (TPSA) is 29.1 Å². The zero-order valence-electron chi connectivity index (χ0n) is 9.71. The van der Waals surface area contributed by atoms with Crippen LogP contribution in [0, 0.1) is 6.92 Å². The first-order valence-corrected chi connectivity index (χ1v) is 6.57. The molecule has 0 saturated heterocycles. The number of hydrogen-bond donors (Lipinski definition) is 1. The Bertz CT molecular complexity index is 581. The van der Waals surface area contributed by atoms with E-state index in [1.165, 1.54) is 0 Å². The molecule has 0 unspecified atom stereocenters. The molecule has 92 valence electrons. The molecule has 2 aromatic rings. The van der Waals surface area contributed by atoms with Gasteiger partial charge in [-0.3, -0.25) is 4.79 Å². The third-order valence-corrected chi connectivity index (χ3v) is 3.56. The molecule has 2 rings (SSSR count). The van der Waals surface area contributed by atoms with Gasteiger partial charge in [0.15, 0.2) is 0 Å². The molecule has 0 fully saturated rings. The van der Waals surface area contributed by atoms with Crippen LogP contribution in [-0.4, -0.2) is 5.91 Å². The van der Waals surface area contributed by atoms with Crippen LogP contribution in [0.5, 0.6) is 0 Å². The van der Waals surface area contributed by atoms with E-state index < -0.39 is 0 Å². The van der Waals surface area contributed by atoms with E-state index in [0.717, 1.165) is 15.7 Å². The number of hydrogen-bond acceptors (Lipinski definition) is 1. The van der Waals surface area contributed by atoms with Gasteiger partial charge in [-0.25, -0.2) is 0 Å². The van der Waals surface area contributed by atoms with Gasteiger partial charge in [0.2, 0.25) is 0 Å². The molecule has 4 heteroatoms. The van der Waals surface area contributed by atoms with Gasteiger partial charge >= 0.3 is 0 Å². The first-order chi connectivity index (χ1) is 8.58. The predicted octanol–water partition coefficient (Wildman–Crippen LogP) is 4.66. The summed E-state index contributed by atoms with van der Waals surface area (Å²) in [7, 11) is 0. The lowest BCUT2D eigenvalue weighted by Gasteiger charge is -2.09. The zero-order chi connectivity index (χ0) is 13.1. The summed E-state index contributed by atoms with van der Waals surface area (Å²) in [4.78, 5) is 12.0. The van der Waals surface area contributed by atoms with Crippen molar-refractivity contribution in [3.8, 4) is 0 Å². The lowest BCUT2D eigenvalue weighted by atomic mass is 10.1. The van der Waals surface area contributed by atoms with Gasteiger partial charge < -0.3 is 5.32 Å². The van der Waals surface area contributed by atoms with Crippen LogP contribution in [0.1, 0.15) is 15.9 Å². The Morgan fingerprint density at radius 1 is 1.17 bits per heavy atom. The molecule has 0 aliphatic carbocycles. The maximum Gasteiger partial charge on any atom is 0.255 e. The fourth-order valence-electron chi connectivity index (χ4n) is 1.54. The standard InChI is InChI=1S/C14H11BrClNO/c1-9-12(16)3-2-4-13(9)17-14(18)10-5-7-11(15)8-6-10/h2-8H,1H3,(H,17,18). The Hall–Kier alpha value is -1.32. The Kier molecular flexibility index (Phi) is 4.04. The number of nitrogens with one attached hydrogen (secondary N) is 1. The number of carbonyl (C=O) groups is 1. The van der Waals surface area contributed by atoms with Crippen LogP contribution in [0.4, 0.5) is 5.69 Å². The highest BCUT2D eigenvalue weighted by Crippen LogP contribution is 2.23. The minimum absolute atomic E-state index is 0.145. The first-order valence-electron chi connectivity index (χ1n) is 5.40. The van der Waals surface area contributed by atoms with Crippen molar-refractivity contribution in [2.75, 3.05) is 5.32 Å². The van der Waals surface area contributed by atoms with Gasteiger partial charge in [-0.15, -0.1) is 0 Å². The van der Waals surface area contributed by atoms with Crippen molar-refractivity contribution >= 4 is 39.1 Å². The molecular weight excluding hydrogens is 314 g/mol. The number of halogens is 2. The van der Waals surface area contributed by atoms with Gasteiger partial charge in [0.25, 0.3) is 5.91 Å². The molecule has 2 nitrogen and oxygen atoms in total. The first kappa shape index (κ1) is 13.1. The van der Waals surface area contributed by atoms with Crippen molar-refractivity contribution < 1.29 is 4.79 Å². The van der Waals surface area contributed by atoms with Crippen LogP contribution in [0.25, 0.3) is 0 Å². The van der Waals surface area contributed by atoms with Gasteiger partial charge in [-0.1, -0.05) is 33.6 Å². The van der Waals surface area contributed by atoms with E-state index in [1.54, 1.807) is 18.2 Å². The second kappa shape index (κ2) is 5.55. The fraction of sp³-hybridized carbons (Fsp3) is 0.0714. The van der Waals surface area contributed by atoms with E-state index in [9.17, 15) is 4.79 Å². The summed E-state index contributed by atoms with van der Waals surface area (Å²) in [6, 6.07) is 12.6. The number of anilines is 1.